The monoisotopic (exact) mass is 153 g/mol. The van der Waals surface area contributed by atoms with E-state index < -0.39 is 0 Å². The first kappa shape index (κ1) is 7.94. The maximum atomic E-state index is 11.0. The lowest BCUT2D eigenvalue weighted by molar-refractivity contribution is 0.849. The second-order valence-electron chi connectivity index (χ2n) is 2.38. The van der Waals surface area contributed by atoms with E-state index in [-0.39, 0.29) is 5.56 Å². The number of hydrogen-bond acceptors (Lipinski definition) is 3. The fraction of sp³-hybridized carbons (Fsp3) is 0.429. The molecule has 0 aliphatic rings. The summed E-state index contributed by atoms with van der Waals surface area (Å²) in [6.07, 6.45) is 2.18. The van der Waals surface area contributed by atoms with Gasteiger partial charge in [-0.1, -0.05) is 0 Å². The molecule has 1 aromatic rings. The van der Waals surface area contributed by atoms with E-state index in [9.17, 15) is 4.79 Å². The Bertz CT molecular complexity index is 292. The summed E-state index contributed by atoms with van der Waals surface area (Å²) in [6.45, 7) is 2.23. The number of aromatic amines is 1. The molecule has 0 amide bonds. The molecule has 0 saturated carbocycles. The molecule has 0 radical (unpaired) electrons. The molecule has 3 N–H and O–H groups in total. The maximum Gasteiger partial charge on any atom is 0.253 e. The highest BCUT2D eigenvalue weighted by Gasteiger charge is 1.95. The van der Waals surface area contributed by atoms with Crippen LogP contribution in [0.5, 0.6) is 0 Å². The standard InChI is InChI=1S/C7H11N3O/c1-5-4-9-6(2-3-8)10-7(5)11/h4H,2-3,8H2,1H3,(H,9,10,11). The smallest absolute Gasteiger partial charge is 0.253 e. The highest BCUT2D eigenvalue weighted by Crippen LogP contribution is 1.87. The van der Waals surface area contributed by atoms with Crippen LogP contribution in [0.15, 0.2) is 11.0 Å². The van der Waals surface area contributed by atoms with Gasteiger partial charge >= 0.3 is 0 Å². The summed E-state index contributed by atoms with van der Waals surface area (Å²) in [6, 6.07) is 0. The summed E-state index contributed by atoms with van der Waals surface area (Å²) in [5, 5.41) is 0. The maximum absolute atomic E-state index is 11.0. The highest BCUT2D eigenvalue weighted by molar-refractivity contribution is 5.02. The predicted octanol–water partition coefficient (Wildman–Crippen LogP) is -0.420. The minimum atomic E-state index is -0.0801. The van der Waals surface area contributed by atoms with Crippen molar-refractivity contribution in [1.29, 1.82) is 0 Å². The summed E-state index contributed by atoms with van der Waals surface area (Å²) >= 11 is 0. The second-order valence-corrected chi connectivity index (χ2v) is 2.38. The van der Waals surface area contributed by atoms with Crippen molar-refractivity contribution in [1.82, 2.24) is 9.97 Å². The third kappa shape index (κ3) is 1.88. The van der Waals surface area contributed by atoms with Crippen molar-refractivity contribution in [3.8, 4) is 0 Å². The van der Waals surface area contributed by atoms with Gasteiger partial charge in [0, 0.05) is 18.2 Å². The van der Waals surface area contributed by atoms with Crippen LogP contribution in [0, 0.1) is 6.92 Å². The first-order valence-electron chi connectivity index (χ1n) is 3.49. The van der Waals surface area contributed by atoms with Crippen LogP contribution in [0.2, 0.25) is 0 Å². The van der Waals surface area contributed by atoms with Crippen molar-refractivity contribution in [2.24, 2.45) is 5.73 Å². The average molecular weight is 153 g/mol. The predicted molar refractivity (Wildman–Crippen MR) is 42.4 cm³/mol. The Balaban J connectivity index is 2.96. The number of rotatable bonds is 2. The molecule has 0 unspecified atom stereocenters. The molecule has 0 fully saturated rings. The lowest BCUT2D eigenvalue weighted by atomic mass is 10.3. The van der Waals surface area contributed by atoms with Crippen LogP contribution in [0.25, 0.3) is 0 Å². The Labute approximate surface area is 64.5 Å². The van der Waals surface area contributed by atoms with E-state index >= 15 is 0 Å². The Hall–Kier alpha value is -1.16. The number of aromatic nitrogens is 2. The van der Waals surface area contributed by atoms with Crippen molar-refractivity contribution in [2.75, 3.05) is 6.54 Å². The van der Waals surface area contributed by atoms with Gasteiger partial charge in [0.05, 0.1) is 0 Å². The van der Waals surface area contributed by atoms with Gasteiger partial charge in [0.2, 0.25) is 0 Å². The highest BCUT2D eigenvalue weighted by atomic mass is 16.1. The zero-order chi connectivity index (χ0) is 8.27. The van der Waals surface area contributed by atoms with E-state index in [4.69, 9.17) is 5.73 Å². The van der Waals surface area contributed by atoms with Crippen LogP contribution in [0.4, 0.5) is 0 Å². The fourth-order valence-corrected chi connectivity index (χ4v) is 0.759. The molecule has 0 aliphatic carbocycles. The van der Waals surface area contributed by atoms with Crippen LogP contribution >= 0.6 is 0 Å². The van der Waals surface area contributed by atoms with E-state index in [2.05, 4.69) is 9.97 Å². The van der Waals surface area contributed by atoms with Gasteiger partial charge < -0.3 is 10.7 Å². The first-order valence-corrected chi connectivity index (χ1v) is 3.49. The summed E-state index contributed by atoms with van der Waals surface area (Å²) in [4.78, 5) is 17.6. The van der Waals surface area contributed by atoms with Crippen LogP contribution < -0.4 is 11.3 Å². The molecule has 0 aromatic carbocycles. The summed E-state index contributed by atoms with van der Waals surface area (Å²) in [5.41, 5.74) is 5.84. The summed E-state index contributed by atoms with van der Waals surface area (Å²) in [5.74, 6) is 0.656. The number of nitrogens with two attached hydrogens (primary N) is 1. The van der Waals surface area contributed by atoms with Crippen molar-refractivity contribution >= 4 is 0 Å². The minimum absolute atomic E-state index is 0.0801. The van der Waals surface area contributed by atoms with E-state index in [1.54, 1.807) is 13.1 Å². The zero-order valence-electron chi connectivity index (χ0n) is 6.42. The molecule has 0 atom stereocenters. The molecule has 0 bridgehead atoms. The van der Waals surface area contributed by atoms with Gasteiger partial charge in [-0.25, -0.2) is 4.98 Å². The van der Waals surface area contributed by atoms with E-state index in [1.165, 1.54) is 0 Å². The molecule has 11 heavy (non-hydrogen) atoms. The van der Waals surface area contributed by atoms with Gasteiger partial charge in [-0.05, 0) is 13.5 Å². The SMILES string of the molecule is Cc1cnc(CCN)[nH]c1=O. The summed E-state index contributed by atoms with van der Waals surface area (Å²) < 4.78 is 0. The molecule has 0 spiro atoms. The van der Waals surface area contributed by atoms with Gasteiger partial charge in [-0.15, -0.1) is 0 Å². The number of hydrogen-bond donors (Lipinski definition) is 2. The van der Waals surface area contributed by atoms with E-state index in [0.29, 0.717) is 24.4 Å². The van der Waals surface area contributed by atoms with E-state index in [1.807, 2.05) is 0 Å². The van der Waals surface area contributed by atoms with Crippen LogP contribution in [0.1, 0.15) is 11.4 Å². The number of nitrogens with one attached hydrogen (secondary N) is 1. The van der Waals surface area contributed by atoms with Crippen LogP contribution in [-0.2, 0) is 6.42 Å². The Morgan fingerprint density at radius 2 is 2.45 bits per heavy atom. The molecule has 1 aromatic heterocycles. The largest absolute Gasteiger partial charge is 0.330 e. The van der Waals surface area contributed by atoms with Crippen LogP contribution in [-0.4, -0.2) is 16.5 Å². The molecule has 60 valence electrons. The third-order valence-electron chi connectivity index (χ3n) is 1.41. The summed E-state index contributed by atoms with van der Waals surface area (Å²) in [7, 11) is 0. The minimum Gasteiger partial charge on any atom is -0.330 e. The van der Waals surface area contributed by atoms with Crippen molar-refractivity contribution in [3.05, 3.63) is 27.9 Å². The lowest BCUT2D eigenvalue weighted by Crippen LogP contribution is -2.16. The van der Waals surface area contributed by atoms with Gasteiger partial charge in [0.1, 0.15) is 5.82 Å². The van der Waals surface area contributed by atoms with Gasteiger partial charge in [0.15, 0.2) is 0 Å². The van der Waals surface area contributed by atoms with Crippen LogP contribution in [0.3, 0.4) is 0 Å². The molecular weight excluding hydrogens is 142 g/mol. The molecule has 4 nitrogen and oxygen atoms in total. The quantitative estimate of drug-likeness (QED) is 0.606. The number of nitrogens with zero attached hydrogens (tertiary/aromatic N) is 1. The Morgan fingerprint density at radius 1 is 1.73 bits per heavy atom. The molecular formula is C7H11N3O. The number of H-pyrrole nitrogens is 1. The van der Waals surface area contributed by atoms with Crippen molar-refractivity contribution in [2.45, 2.75) is 13.3 Å². The van der Waals surface area contributed by atoms with E-state index in [0.717, 1.165) is 0 Å². The van der Waals surface area contributed by atoms with Crippen molar-refractivity contribution < 1.29 is 0 Å². The average Bonchev–Trinajstić information content (AvgIpc) is 1.98. The zero-order valence-corrected chi connectivity index (χ0v) is 6.42. The molecule has 0 aliphatic heterocycles. The normalized spacial score (nSPS) is 10.0. The molecule has 1 heterocycles. The molecule has 4 heteroatoms. The second kappa shape index (κ2) is 3.30. The Morgan fingerprint density at radius 3 is 3.00 bits per heavy atom. The molecule has 0 saturated heterocycles. The van der Waals surface area contributed by atoms with Gasteiger partial charge in [-0.3, -0.25) is 4.79 Å². The number of aryl methyl sites for hydroxylation is 1. The lowest BCUT2D eigenvalue weighted by Gasteiger charge is -1.96. The topological polar surface area (TPSA) is 71.8 Å². The van der Waals surface area contributed by atoms with Crippen molar-refractivity contribution in [3.63, 3.8) is 0 Å². The molecule has 1 rings (SSSR count). The van der Waals surface area contributed by atoms with Gasteiger partial charge in [-0.2, -0.15) is 0 Å². The first-order chi connectivity index (χ1) is 5.24. The fourth-order valence-electron chi connectivity index (χ4n) is 0.759. The third-order valence-corrected chi connectivity index (χ3v) is 1.41. The Kier molecular flexibility index (Phi) is 2.38. The van der Waals surface area contributed by atoms with Gasteiger partial charge in [0.25, 0.3) is 5.56 Å².